The number of hydrogen-bond donors (Lipinski definition) is 2. The van der Waals surface area contributed by atoms with Crippen molar-refractivity contribution < 1.29 is 4.79 Å². The molecular formula is C26H40N4O. The second-order valence-corrected chi connectivity index (χ2v) is 9.22. The zero-order valence-electron chi connectivity index (χ0n) is 19.4. The number of rotatable bonds is 10. The van der Waals surface area contributed by atoms with E-state index in [2.05, 4.69) is 41.8 Å². The molecule has 170 valence electrons. The highest BCUT2D eigenvalue weighted by atomic mass is 16.2. The first-order chi connectivity index (χ1) is 15.1. The molecule has 1 unspecified atom stereocenters. The van der Waals surface area contributed by atoms with Crippen molar-refractivity contribution in [1.82, 2.24) is 4.90 Å². The quantitative estimate of drug-likeness (QED) is 0.528. The van der Waals surface area contributed by atoms with Gasteiger partial charge in [-0.05, 0) is 67.7 Å². The standard InChI is InChI=1S/C26H40N4O/c1-3-20(18-29(4-2)26(31)14-21-8-6-5-7-9-21)19-30-13-12-23-15-22(10-11-25(23)30)24(16-27)17-28/h10-11,15-17,20-21,27H,3-9,12-14,18-19,28H2,1-2H3/b24-17+,27-16?. The third kappa shape index (κ3) is 5.90. The van der Waals surface area contributed by atoms with E-state index in [9.17, 15) is 4.79 Å². The smallest absolute Gasteiger partial charge is 0.222 e. The molecule has 5 heteroatoms. The zero-order valence-corrected chi connectivity index (χ0v) is 19.4. The van der Waals surface area contributed by atoms with E-state index in [1.54, 1.807) is 0 Å². The van der Waals surface area contributed by atoms with Crippen molar-refractivity contribution in [2.45, 2.75) is 65.2 Å². The van der Waals surface area contributed by atoms with Crippen LogP contribution in [0.5, 0.6) is 0 Å². The first-order valence-electron chi connectivity index (χ1n) is 12.2. The average molecular weight is 425 g/mol. The fraction of sp³-hybridized carbons (Fsp3) is 0.615. The highest BCUT2D eigenvalue weighted by Crippen LogP contribution is 2.32. The number of fused-ring (bicyclic) bond motifs is 1. The molecule has 1 amide bonds. The molecule has 1 aliphatic heterocycles. The maximum Gasteiger partial charge on any atom is 0.222 e. The minimum absolute atomic E-state index is 0.354. The maximum absolute atomic E-state index is 13.0. The van der Waals surface area contributed by atoms with Gasteiger partial charge in [-0.2, -0.15) is 0 Å². The molecule has 1 fully saturated rings. The SMILES string of the molecule is CCC(CN(CC)C(=O)CC1CCCCC1)CN1CCc2cc(/C(C=N)=C/N)ccc21. The van der Waals surface area contributed by atoms with Crippen LogP contribution >= 0.6 is 0 Å². The molecule has 1 aliphatic carbocycles. The van der Waals surface area contributed by atoms with Crippen molar-refractivity contribution in [1.29, 1.82) is 5.41 Å². The number of carbonyl (C=O) groups is 1. The van der Waals surface area contributed by atoms with Gasteiger partial charge in [0.15, 0.2) is 0 Å². The van der Waals surface area contributed by atoms with Crippen LogP contribution in [-0.2, 0) is 11.2 Å². The number of anilines is 1. The lowest BCUT2D eigenvalue weighted by molar-refractivity contribution is -0.132. The fourth-order valence-corrected chi connectivity index (χ4v) is 5.18. The maximum atomic E-state index is 13.0. The van der Waals surface area contributed by atoms with Crippen LogP contribution in [0.15, 0.2) is 24.4 Å². The first kappa shape index (κ1) is 23.4. The number of nitrogens with two attached hydrogens (primary N) is 1. The van der Waals surface area contributed by atoms with Crippen LogP contribution in [0.1, 0.15) is 69.9 Å². The lowest BCUT2D eigenvalue weighted by Crippen LogP contribution is -2.40. The van der Waals surface area contributed by atoms with Crippen LogP contribution in [0.3, 0.4) is 0 Å². The predicted octanol–water partition coefficient (Wildman–Crippen LogP) is 4.84. The molecule has 1 aromatic rings. The van der Waals surface area contributed by atoms with Crippen molar-refractivity contribution in [2.24, 2.45) is 17.6 Å². The van der Waals surface area contributed by atoms with Gasteiger partial charge >= 0.3 is 0 Å². The third-order valence-corrected chi connectivity index (χ3v) is 7.20. The monoisotopic (exact) mass is 424 g/mol. The lowest BCUT2D eigenvalue weighted by atomic mass is 9.86. The van der Waals surface area contributed by atoms with Gasteiger partial charge in [-0.3, -0.25) is 4.79 Å². The normalized spacial score (nSPS) is 18.0. The summed E-state index contributed by atoms with van der Waals surface area (Å²) in [4.78, 5) is 17.5. The van der Waals surface area contributed by atoms with Gasteiger partial charge in [0.2, 0.25) is 5.91 Å². The molecule has 0 saturated heterocycles. The lowest BCUT2D eigenvalue weighted by Gasteiger charge is -2.31. The van der Waals surface area contributed by atoms with E-state index in [1.165, 1.54) is 55.8 Å². The van der Waals surface area contributed by atoms with Crippen LogP contribution < -0.4 is 10.6 Å². The van der Waals surface area contributed by atoms with Crippen LogP contribution in [0.4, 0.5) is 5.69 Å². The van der Waals surface area contributed by atoms with Gasteiger partial charge in [0, 0.05) is 56.3 Å². The highest BCUT2D eigenvalue weighted by Gasteiger charge is 2.25. The number of allylic oxidation sites excluding steroid dienone is 1. The van der Waals surface area contributed by atoms with Crippen LogP contribution in [0, 0.1) is 17.2 Å². The fourth-order valence-electron chi connectivity index (χ4n) is 5.18. The summed E-state index contributed by atoms with van der Waals surface area (Å²) in [6.07, 6.45) is 12.0. The molecule has 1 saturated carbocycles. The van der Waals surface area contributed by atoms with Crippen LogP contribution in [0.2, 0.25) is 0 Å². The van der Waals surface area contributed by atoms with Gasteiger partial charge in [0.1, 0.15) is 0 Å². The van der Waals surface area contributed by atoms with Crippen molar-refractivity contribution in [3.8, 4) is 0 Å². The van der Waals surface area contributed by atoms with E-state index >= 15 is 0 Å². The Bertz CT molecular complexity index is 782. The van der Waals surface area contributed by atoms with Gasteiger partial charge in [-0.15, -0.1) is 0 Å². The molecule has 1 atom stereocenters. The Morgan fingerprint density at radius 3 is 2.71 bits per heavy atom. The summed E-state index contributed by atoms with van der Waals surface area (Å²) in [5, 5.41) is 7.53. The average Bonchev–Trinajstić information content (AvgIpc) is 3.20. The van der Waals surface area contributed by atoms with E-state index in [0.717, 1.165) is 56.6 Å². The Morgan fingerprint density at radius 1 is 1.29 bits per heavy atom. The summed E-state index contributed by atoms with van der Waals surface area (Å²) in [7, 11) is 0. The Labute approximate surface area is 188 Å². The van der Waals surface area contributed by atoms with Gasteiger partial charge < -0.3 is 20.9 Å². The number of nitrogens with zero attached hydrogens (tertiary/aromatic N) is 2. The Hall–Kier alpha value is -2.30. The van der Waals surface area contributed by atoms with Crippen molar-refractivity contribution in [3.63, 3.8) is 0 Å². The molecule has 31 heavy (non-hydrogen) atoms. The van der Waals surface area contributed by atoms with E-state index in [-0.39, 0.29) is 0 Å². The Kier molecular flexibility index (Phi) is 8.56. The minimum Gasteiger partial charge on any atom is -0.404 e. The van der Waals surface area contributed by atoms with Gasteiger partial charge in [-0.25, -0.2) is 0 Å². The highest BCUT2D eigenvalue weighted by molar-refractivity contribution is 6.08. The molecule has 0 aromatic heterocycles. The number of hydrogen-bond acceptors (Lipinski definition) is 4. The summed E-state index contributed by atoms with van der Waals surface area (Å²) >= 11 is 0. The molecule has 3 rings (SSSR count). The van der Waals surface area contributed by atoms with Crippen molar-refractivity contribution in [2.75, 3.05) is 31.1 Å². The number of carbonyl (C=O) groups excluding carboxylic acids is 1. The Morgan fingerprint density at radius 2 is 2.06 bits per heavy atom. The summed E-state index contributed by atoms with van der Waals surface area (Å²) in [6.45, 7) is 8.02. The topological polar surface area (TPSA) is 73.4 Å². The summed E-state index contributed by atoms with van der Waals surface area (Å²) < 4.78 is 0. The van der Waals surface area contributed by atoms with Crippen LogP contribution in [0.25, 0.3) is 5.57 Å². The van der Waals surface area contributed by atoms with E-state index in [1.807, 2.05) is 0 Å². The molecule has 1 heterocycles. The zero-order chi connectivity index (χ0) is 22.2. The second-order valence-electron chi connectivity index (χ2n) is 9.22. The number of amides is 1. The van der Waals surface area contributed by atoms with Crippen molar-refractivity contribution >= 4 is 23.4 Å². The molecule has 3 N–H and O–H groups in total. The summed E-state index contributed by atoms with van der Waals surface area (Å²) in [5.74, 6) is 1.43. The largest absolute Gasteiger partial charge is 0.404 e. The van der Waals surface area contributed by atoms with E-state index in [0.29, 0.717) is 17.7 Å². The summed E-state index contributed by atoms with van der Waals surface area (Å²) in [6, 6.07) is 6.41. The van der Waals surface area contributed by atoms with Crippen molar-refractivity contribution in [3.05, 3.63) is 35.5 Å². The number of benzene rings is 1. The number of nitrogens with one attached hydrogen (secondary N) is 1. The molecule has 0 bridgehead atoms. The molecular weight excluding hydrogens is 384 g/mol. The predicted molar refractivity (Wildman–Crippen MR) is 131 cm³/mol. The van der Waals surface area contributed by atoms with E-state index < -0.39 is 0 Å². The molecule has 5 nitrogen and oxygen atoms in total. The molecule has 2 aliphatic rings. The summed E-state index contributed by atoms with van der Waals surface area (Å²) in [5.41, 5.74) is 10.0. The molecule has 0 spiro atoms. The molecule has 0 radical (unpaired) electrons. The van der Waals surface area contributed by atoms with Gasteiger partial charge in [0.05, 0.1) is 0 Å². The third-order valence-electron chi connectivity index (χ3n) is 7.20. The molecule has 1 aromatic carbocycles. The Balaban J connectivity index is 1.61. The van der Waals surface area contributed by atoms with E-state index in [4.69, 9.17) is 11.1 Å². The van der Waals surface area contributed by atoms with Gasteiger partial charge in [0.25, 0.3) is 0 Å². The minimum atomic E-state index is 0.354. The van der Waals surface area contributed by atoms with Crippen LogP contribution in [-0.4, -0.2) is 43.2 Å². The first-order valence-corrected chi connectivity index (χ1v) is 12.2. The van der Waals surface area contributed by atoms with Gasteiger partial charge in [-0.1, -0.05) is 32.3 Å². The second kappa shape index (κ2) is 11.4.